The Balaban J connectivity index is 1.90. The van der Waals surface area contributed by atoms with E-state index in [9.17, 15) is 14.4 Å². The molecule has 0 radical (unpaired) electrons. The van der Waals surface area contributed by atoms with E-state index in [4.69, 9.17) is 21.4 Å². The van der Waals surface area contributed by atoms with Crippen LogP contribution in [-0.2, 0) is 9.59 Å². The summed E-state index contributed by atoms with van der Waals surface area (Å²) < 4.78 is 5.40. The van der Waals surface area contributed by atoms with Crippen molar-refractivity contribution in [2.75, 3.05) is 6.61 Å². The Morgan fingerprint density at radius 3 is 2.32 bits per heavy atom. The number of hydrogen-bond donors (Lipinski definition) is 3. The molecule has 0 fully saturated rings. The molecule has 164 valence electrons. The van der Waals surface area contributed by atoms with Crippen molar-refractivity contribution in [3.8, 4) is 5.75 Å². The highest BCUT2D eigenvalue weighted by Gasteiger charge is 2.22. The number of halogens is 1. The van der Waals surface area contributed by atoms with Crippen molar-refractivity contribution in [2.45, 2.75) is 26.3 Å². The van der Waals surface area contributed by atoms with E-state index in [2.05, 4.69) is 15.8 Å². The quantitative estimate of drug-likeness (QED) is 0.383. The van der Waals surface area contributed by atoms with Gasteiger partial charge in [0.25, 0.3) is 11.8 Å². The Labute approximate surface area is 185 Å². The summed E-state index contributed by atoms with van der Waals surface area (Å²) in [6.45, 7) is 3.62. The molecule has 2 amide bonds. The van der Waals surface area contributed by atoms with Crippen molar-refractivity contribution in [1.29, 1.82) is 0 Å². The van der Waals surface area contributed by atoms with E-state index >= 15 is 0 Å². The van der Waals surface area contributed by atoms with E-state index in [-0.39, 0.29) is 18.1 Å². The molecule has 8 nitrogen and oxygen atoms in total. The summed E-state index contributed by atoms with van der Waals surface area (Å²) in [5.74, 6) is -1.29. The van der Waals surface area contributed by atoms with Gasteiger partial charge in [-0.15, -0.1) is 0 Å². The molecule has 1 atom stereocenters. The van der Waals surface area contributed by atoms with Gasteiger partial charge in [0, 0.05) is 5.02 Å². The molecule has 0 saturated carbocycles. The van der Waals surface area contributed by atoms with Crippen molar-refractivity contribution < 1.29 is 24.2 Å². The van der Waals surface area contributed by atoms with Crippen LogP contribution in [0.2, 0.25) is 5.02 Å². The van der Waals surface area contributed by atoms with E-state index in [0.29, 0.717) is 22.8 Å². The SMILES string of the molecule is CC(C)C[C@H](NC(=O)COc1ccc(Cl)cc1)C(=O)N/N=C\c1ccc(C(=O)O)cc1. The van der Waals surface area contributed by atoms with Crippen molar-refractivity contribution >= 4 is 35.6 Å². The Bertz CT molecular complexity index is 927. The molecule has 0 heterocycles. The molecular formula is C22H24ClN3O5. The molecule has 0 aliphatic heterocycles. The Hall–Kier alpha value is -3.39. The van der Waals surface area contributed by atoms with Gasteiger partial charge in [0.1, 0.15) is 11.8 Å². The summed E-state index contributed by atoms with van der Waals surface area (Å²) >= 11 is 5.81. The van der Waals surface area contributed by atoms with Crippen molar-refractivity contribution in [2.24, 2.45) is 11.0 Å². The number of nitrogens with zero attached hydrogens (tertiary/aromatic N) is 1. The fourth-order valence-corrected chi connectivity index (χ4v) is 2.70. The number of hydrazone groups is 1. The predicted molar refractivity (Wildman–Crippen MR) is 117 cm³/mol. The lowest BCUT2D eigenvalue weighted by molar-refractivity contribution is -0.130. The average molecular weight is 446 g/mol. The molecule has 31 heavy (non-hydrogen) atoms. The Kier molecular flexibility index (Phi) is 9.02. The average Bonchev–Trinajstić information content (AvgIpc) is 2.73. The first-order chi connectivity index (χ1) is 14.7. The fourth-order valence-electron chi connectivity index (χ4n) is 2.58. The van der Waals surface area contributed by atoms with Gasteiger partial charge in [-0.2, -0.15) is 5.10 Å². The maximum atomic E-state index is 12.5. The van der Waals surface area contributed by atoms with E-state index in [0.717, 1.165) is 0 Å². The normalized spacial score (nSPS) is 11.9. The van der Waals surface area contributed by atoms with Gasteiger partial charge in [-0.25, -0.2) is 10.2 Å². The van der Waals surface area contributed by atoms with Gasteiger partial charge in [-0.05, 0) is 54.3 Å². The third kappa shape index (κ3) is 8.47. The second-order valence-corrected chi connectivity index (χ2v) is 7.59. The van der Waals surface area contributed by atoms with Gasteiger partial charge < -0.3 is 15.2 Å². The summed E-state index contributed by atoms with van der Waals surface area (Å²) in [4.78, 5) is 35.6. The van der Waals surface area contributed by atoms with Gasteiger partial charge in [-0.1, -0.05) is 37.6 Å². The predicted octanol–water partition coefficient (Wildman–Crippen LogP) is 3.10. The maximum absolute atomic E-state index is 12.5. The van der Waals surface area contributed by atoms with E-state index in [1.165, 1.54) is 18.3 Å². The first-order valence-electron chi connectivity index (χ1n) is 9.58. The highest BCUT2D eigenvalue weighted by Crippen LogP contribution is 2.15. The molecule has 0 aliphatic rings. The summed E-state index contributed by atoms with van der Waals surface area (Å²) in [6, 6.07) is 11.8. The Morgan fingerprint density at radius 1 is 1.10 bits per heavy atom. The van der Waals surface area contributed by atoms with E-state index < -0.39 is 23.8 Å². The highest BCUT2D eigenvalue weighted by atomic mass is 35.5. The van der Waals surface area contributed by atoms with Crippen LogP contribution < -0.4 is 15.5 Å². The van der Waals surface area contributed by atoms with Crippen LogP contribution in [0.1, 0.15) is 36.2 Å². The van der Waals surface area contributed by atoms with Crippen LogP contribution in [0.4, 0.5) is 0 Å². The molecule has 2 aromatic carbocycles. The number of carbonyl (C=O) groups is 3. The number of carbonyl (C=O) groups excluding carboxylic acids is 2. The first kappa shape index (κ1) is 23.9. The number of ether oxygens (including phenoxy) is 1. The van der Waals surface area contributed by atoms with Gasteiger partial charge in [0.2, 0.25) is 0 Å². The van der Waals surface area contributed by atoms with Crippen LogP contribution in [-0.4, -0.2) is 41.8 Å². The summed E-state index contributed by atoms with van der Waals surface area (Å²) in [6.07, 6.45) is 1.81. The molecule has 2 aromatic rings. The molecule has 0 bridgehead atoms. The third-order valence-electron chi connectivity index (χ3n) is 4.09. The lowest BCUT2D eigenvalue weighted by Gasteiger charge is -2.19. The number of amides is 2. The molecule has 0 aromatic heterocycles. The number of carboxylic acids is 1. The molecule has 3 N–H and O–H groups in total. The lowest BCUT2D eigenvalue weighted by atomic mass is 10.0. The van der Waals surface area contributed by atoms with Crippen LogP contribution in [0, 0.1) is 5.92 Å². The number of hydrogen-bond acceptors (Lipinski definition) is 5. The van der Waals surface area contributed by atoms with E-state index in [1.54, 1.807) is 36.4 Å². The van der Waals surface area contributed by atoms with Crippen molar-refractivity contribution in [3.63, 3.8) is 0 Å². The van der Waals surface area contributed by atoms with Gasteiger partial charge in [-0.3, -0.25) is 9.59 Å². The molecule has 0 saturated heterocycles. The summed E-state index contributed by atoms with van der Waals surface area (Å²) in [5.41, 5.74) is 3.17. The first-order valence-corrected chi connectivity index (χ1v) is 9.96. The standard InChI is InChI=1S/C22H24ClN3O5/c1-14(2)11-19(25-20(27)13-31-18-9-7-17(23)8-10-18)21(28)26-24-12-15-3-5-16(6-4-15)22(29)30/h3-10,12,14,19H,11,13H2,1-2H3,(H,25,27)(H,26,28)(H,29,30)/b24-12-/t19-/m0/s1. The number of carboxylic acid groups (broad SMARTS) is 1. The van der Waals surface area contributed by atoms with Crippen LogP contribution in [0.3, 0.4) is 0 Å². The van der Waals surface area contributed by atoms with Crippen molar-refractivity contribution in [1.82, 2.24) is 10.7 Å². The molecular weight excluding hydrogens is 422 g/mol. The van der Waals surface area contributed by atoms with Gasteiger partial charge >= 0.3 is 5.97 Å². The van der Waals surface area contributed by atoms with Gasteiger partial charge in [0.05, 0.1) is 11.8 Å². The maximum Gasteiger partial charge on any atom is 0.335 e. The van der Waals surface area contributed by atoms with E-state index in [1.807, 2.05) is 13.8 Å². The lowest BCUT2D eigenvalue weighted by Crippen LogP contribution is -2.47. The number of nitrogens with one attached hydrogen (secondary N) is 2. The second-order valence-electron chi connectivity index (χ2n) is 7.15. The zero-order valence-corrected chi connectivity index (χ0v) is 17.9. The molecule has 0 unspecified atom stereocenters. The third-order valence-corrected chi connectivity index (χ3v) is 4.34. The molecule has 2 rings (SSSR count). The number of benzene rings is 2. The molecule has 0 aliphatic carbocycles. The zero-order chi connectivity index (χ0) is 22.8. The number of rotatable bonds is 10. The largest absolute Gasteiger partial charge is 0.484 e. The minimum atomic E-state index is -1.02. The minimum Gasteiger partial charge on any atom is -0.484 e. The van der Waals surface area contributed by atoms with Crippen LogP contribution in [0.15, 0.2) is 53.6 Å². The van der Waals surface area contributed by atoms with Gasteiger partial charge in [0.15, 0.2) is 6.61 Å². The van der Waals surface area contributed by atoms with Crippen LogP contribution in [0.25, 0.3) is 0 Å². The van der Waals surface area contributed by atoms with Crippen molar-refractivity contribution in [3.05, 3.63) is 64.7 Å². The zero-order valence-electron chi connectivity index (χ0n) is 17.2. The molecule has 0 spiro atoms. The Morgan fingerprint density at radius 2 is 1.74 bits per heavy atom. The van der Waals surface area contributed by atoms with Crippen LogP contribution in [0.5, 0.6) is 5.75 Å². The second kappa shape index (κ2) is 11.7. The monoisotopic (exact) mass is 445 g/mol. The summed E-state index contributed by atoms with van der Waals surface area (Å²) in [7, 11) is 0. The fraction of sp³-hybridized carbons (Fsp3) is 0.273. The minimum absolute atomic E-state index is 0.153. The van der Waals surface area contributed by atoms with Crippen LogP contribution >= 0.6 is 11.6 Å². The highest BCUT2D eigenvalue weighted by molar-refractivity contribution is 6.30. The number of aromatic carboxylic acids is 1. The smallest absolute Gasteiger partial charge is 0.335 e. The topological polar surface area (TPSA) is 117 Å². The molecule has 9 heteroatoms. The summed E-state index contributed by atoms with van der Waals surface area (Å²) in [5, 5.41) is 16.0.